The van der Waals surface area contributed by atoms with E-state index in [1.807, 2.05) is 42.5 Å². The van der Waals surface area contributed by atoms with E-state index in [1.165, 1.54) is 11.3 Å². The highest BCUT2D eigenvalue weighted by Crippen LogP contribution is 2.20. The highest BCUT2D eigenvalue weighted by atomic mass is 32.1. The first-order chi connectivity index (χ1) is 14.0. The van der Waals surface area contributed by atoms with Crippen LogP contribution in [-0.2, 0) is 17.6 Å². The fourth-order valence-electron chi connectivity index (χ4n) is 3.33. The molecule has 0 bridgehead atoms. The molecule has 1 fully saturated rings. The normalized spacial score (nSPS) is 18.0. The number of amides is 1. The van der Waals surface area contributed by atoms with Crippen molar-refractivity contribution in [2.24, 2.45) is 0 Å². The minimum absolute atomic E-state index is 0.111. The molecule has 0 spiro atoms. The Kier molecular flexibility index (Phi) is 7.43. The Labute approximate surface area is 174 Å². The summed E-state index contributed by atoms with van der Waals surface area (Å²) in [6.07, 6.45) is 5.31. The Morgan fingerprint density at radius 2 is 2.07 bits per heavy atom. The van der Waals surface area contributed by atoms with Crippen LogP contribution in [-0.4, -0.2) is 52.5 Å². The number of ether oxygens (including phenoxy) is 1. The molecule has 154 valence electrons. The van der Waals surface area contributed by atoms with Crippen molar-refractivity contribution < 1.29 is 24.5 Å². The topological polar surface area (TPSA) is 87.1 Å². The minimum Gasteiger partial charge on any atom is -0.477 e. The number of hydrogen-bond donors (Lipinski definition) is 2. The molecule has 6 nitrogen and oxygen atoms in total. The van der Waals surface area contributed by atoms with E-state index in [9.17, 15) is 14.7 Å². The number of nitrogens with zero attached hydrogens (tertiary/aromatic N) is 1. The van der Waals surface area contributed by atoms with E-state index in [0.29, 0.717) is 43.7 Å². The summed E-state index contributed by atoms with van der Waals surface area (Å²) in [5.74, 6) is -0.917. The van der Waals surface area contributed by atoms with E-state index in [-0.39, 0.29) is 12.1 Å². The van der Waals surface area contributed by atoms with Crippen molar-refractivity contribution >= 4 is 23.4 Å². The quantitative estimate of drug-likeness (QED) is 0.609. The number of carbonyl (C=O) groups is 2. The van der Waals surface area contributed by atoms with E-state index in [1.54, 1.807) is 17.0 Å². The third kappa shape index (κ3) is 6.17. The fourth-order valence-corrected chi connectivity index (χ4v) is 4.22. The molecule has 2 N–H and O–H groups in total. The zero-order chi connectivity index (χ0) is 20.6. The standard InChI is InChI=1S/C22H25NO5S/c24-18(15-16-5-2-1-3-6-16)9-8-17-12-14-28-22(27)23(17)13-4-7-19-10-11-20(29-19)21(25)26/h1-3,5-6,8-11,17-18,24H,4,7,12-15H2,(H,25,26). The summed E-state index contributed by atoms with van der Waals surface area (Å²) in [6, 6.07) is 13.1. The molecule has 2 aromatic rings. The molecule has 2 heterocycles. The summed E-state index contributed by atoms with van der Waals surface area (Å²) in [5.41, 5.74) is 1.06. The SMILES string of the molecule is O=C(O)c1ccc(CCCN2C(=O)OCCC2C=CC(O)Cc2ccccc2)s1. The van der Waals surface area contributed by atoms with Crippen LogP contribution >= 0.6 is 11.3 Å². The molecular weight excluding hydrogens is 390 g/mol. The van der Waals surface area contributed by atoms with Crippen LogP contribution in [0.5, 0.6) is 0 Å². The van der Waals surface area contributed by atoms with Gasteiger partial charge in [0.25, 0.3) is 0 Å². The van der Waals surface area contributed by atoms with Gasteiger partial charge in [0.15, 0.2) is 0 Å². The van der Waals surface area contributed by atoms with Gasteiger partial charge in [-0.15, -0.1) is 11.3 Å². The molecule has 1 aliphatic rings. The van der Waals surface area contributed by atoms with Crippen LogP contribution < -0.4 is 0 Å². The van der Waals surface area contributed by atoms with Gasteiger partial charge >= 0.3 is 12.1 Å². The number of aliphatic hydroxyl groups excluding tert-OH is 1. The van der Waals surface area contributed by atoms with E-state index < -0.39 is 12.1 Å². The number of aliphatic hydroxyl groups is 1. The van der Waals surface area contributed by atoms with E-state index >= 15 is 0 Å². The summed E-state index contributed by atoms with van der Waals surface area (Å²) >= 11 is 1.26. The van der Waals surface area contributed by atoms with Gasteiger partial charge in [-0.05, 0) is 30.5 Å². The number of carboxylic acid groups (broad SMARTS) is 1. The minimum atomic E-state index is -0.917. The number of cyclic esters (lactones) is 1. The molecule has 1 aromatic heterocycles. The molecular formula is C22H25NO5S. The monoisotopic (exact) mass is 415 g/mol. The Bertz CT molecular complexity index is 848. The third-order valence-corrected chi connectivity index (χ3v) is 5.94. The second-order valence-electron chi connectivity index (χ2n) is 6.98. The Balaban J connectivity index is 1.53. The van der Waals surface area contributed by atoms with Gasteiger partial charge in [0.05, 0.1) is 18.8 Å². The molecule has 29 heavy (non-hydrogen) atoms. The summed E-state index contributed by atoms with van der Waals surface area (Å²) < 4.78 is 5.18. The van der Waals surface area contributed by atoms with E-state index in [4.69, 9.17) is 9.84 Å². The predicted octanol–water partition coefficient (Wildman–Crippen LogP) is 3.75. The van der Waals surface area contributed by atoms with Gasteiger partial charge < -0.3 is 19.8 Å². The van der Waals surface area contributed by atoms with Crippen molar-refractivity contribution in [3.63, 3.8) is 0 Å². The lowest BCUT2D eigenvalue weighted by Crippen LogP contribution is -2.45. The Morgan fingerprint density at radius 3 is 2.79 bits per heavy atom. The zero-order valence-electron chi connectivity index (χ0n) is 16.1. The first-order valence-electron chi connectivity index (χ1n) is 9.68. The number of benzene rings is 1. The summed E-state index contributed by atoms with van der Waals surface area (Å²) in [4.78, 5) is 26.2. The van der Waals surface area contributed by atoms with Crippen LogP contribution in [0.3, 0.4) is 0 Å². The van der Waals surface area contributed by atoms with E-state index in [2.05, 4.69) is 0 Å². The second-order valence-corrected chi connectivity index (χ2v) is 8.15. The van der Waals surface area contributed by atoms with Crippen molar-refractivity contribution in [1.29, 1.82) is 0 Å². The van der Waals surface area contributed by atoms with Gasteiger partial charge in [0.2, 0.25) is 0 Å². The molecule has 1 aromatic carbocycles. The maximum absolute atomic E-state index is 12.2. The molecule has 0 aliphatic carbocycles. The van der Waals surface area contributed by atoms with Crippen LogP contribution in [0.1, 0.15) is 33.0 Å². The van der Waals surface area contributed by atoms with Crippen LogP contribution in [0.2, 0.25) is 0 Å². The summed E-state index contributed by atoms with van der Waals surface area (Å²) in [7, 11) is 0. The maximum Gasteiger partial charge on any atom is 0.410 e. The average molecular weight is 416 g/mol. The Hall–Kier alpha value is -2.64. The van der Waals surface area contributed by atoms with Crippen molar-refractivity contribution in [3.8, 4) is 0 Å². The van der Waals surface area contributed by atoms with Crippen LogP contribution in [0.4, 0.5) is 4.79 Å². The third-order valence-electron chi connectivity index (χ3n) is 4.81. The number of carboxylic acids is 1. The molecule has 3 rings (SSSR count). The number of aryl methyl sites for hydroxylation is 1. The lowest BCUT2D eigenvalue weighted by molar-refractivity contribution is 0.0554. The molecule has 1 amide bonds. The highest BCUT2D eigenvalue weighted by molar-refractivity contribution is 7.13. The van der Waals surface area contributed by atoms with Gasteiger partial charge in [-0.25, -0.2) is 9.59 Å². The maximum atomic E-state index is 12.2. The number of thiophene rings is 1. The number of hydrogen-bond acceptors (Lipinski definition) is 5. The summed E-state index contributed by atoms with van der Waals surface area (Å²) in [6.45, 7) is 0.884. The molecule has 1 aliphatic heterocycles. The van der Waals surface area contributed by atoms with Crippen LogP contribution in [0.15, 0.2) is 54.6 Å². The van der Waals surface area contributed by atoms with E-state index in [0.717, 1.165) is 10.4 Å². The molecule has 0 radical (unpaired) electrons. The second kappa shape index (κ2) is 10.2. The lowest BCUT2D eigenvalue weighted by Gasteiger charge is -2.33. The largest absolute Gasteiger partial charge is 0.477 e. The van der Waals surface area contributed by atoms with Crippen LogP contribution in [0, 0.1) is 0 Å². The van der Waals surface area contributed by atoms with Gasteiger partial charge in [-0.3, -0.25) is 0 Å². The Morgan fingerprint density at radius 1 is 1.28 bits per heavy atom. The first kappa shape index (κ1) is 21.1. The molecule has 2 atom stereocenters. The fraction of sp³-hybridized carbons (Fsp3) is 0.364. The first-order valence-corrected chi connectivity index (χ1v) is 10.5. The molecule has 1 saturated heterocycles. The van der Waals surface area contributed by atoms with Gasteiger partial charge in [-0.1, -0.05) is 42.5 Å². The molecule has 2 unspecified atom stereocenters. The molecule has 7 heteroatoms. The van der Waals surface area contributed by atoms with Crippen molar-refractivity contribution in [1.82, 2.24) is 4.90 Å². The molecule has 0 saturated carbocycles. The van der Waals surface area contributed by atoms with Crippen molar-refractivity contribution in [2.75, 3.05) is 13.2 Å². The number of aromatic carboxylic acids is 1. The lowest BCUT2D eigenvalue weighted by atomic mass is 10.1. The van der Waals surface area contributed by atoms with Crippen molar-refractivity contribution in [3.05, 3.63) is 69.9 Å². The predicted molar refractivity (Wildman–Crippen MR) is 111 cm³/mol. The average Bonchev–Trinajstić information content (AvgIpc) is 3.18. The zero-order valence-corrected chi connectivity index (χ0v) is 16.9. The van der Waals surface area contributed by atoms with Gasteiger partial charge in [-0.2, -0.15) is 0 Å². The smallest absolute Gasteiger partial charge is 0.410 e. The van der Waals surface area contributed by atoms with Crippen molar-refractivity contribution in [2.45, 2.75) is 37.8 Å². The van der Waals surface area contributed by atoms with Gasteiger partial charge in [0.1, 0.15) is 4.88 Å². The number of rotatable bonds is 9. The van der Waals surface area contributed by atoms with Crippen LogP contribution in [0.25, 0.3) is 0 Å². The van der Waals surface area contributed by atoms with Gasteiger partial charge in [0, 0.05) is 24.3 Å². The highest BCUT2D eigenvalue weighted by Gasteiger charge is 2.27. The number of carbonyl (C=O) groups excluding carboxylic acids is 1. The summed E-state index contributed by atoms with van der Waals surface area (Å²) in [5, 5.41) is 19.3.